The topological polar surface area (TPSA) is 59.4 Å². The lowest BCUT2D eigenvalue weighted by atomic mass is 9.90. The smallest absolute Gasteiger partial charge is 0.244 e. The highest BCUT2D eigenvalue weighted by Crippen LogP contribution is 2.29. The van der Waals surface area contributed by atoms with Gasteiger partial charge in [0.05, 0.1) is 13.3 Å². The van der Waals surface area contributed by atoms with Crippen LogP contribution in [0.15, 0.2) is 30.6 Å². The third-order valence-electron chi connectivity index (χ3n) is 5.18. The van der Waals surface area contributed by atoms with Crippen molar-refractivity contribution in [1.82, 2.24) is 20.0 Å². The van der Waals surface area contributed by atoms with E-state index in [9.17, 15) is 4.79 Å². The molecule has 0 spiro atoms. The van der Waals surface area contributed by atoms with Gasteiger partial charge in [0.25, 0.3) is 0 Å². The summed E-state index contributed by atoms with van der Waals surface area (Å²) in [6.45, 7) is 1.54. The van der Waals surface area contributed by atoms with E-state index in [2.05, 4.69) is 10.4 Å². The van der Waals surface area contributed by atoms with Crippen LogP contribution in [0, 0.1) is 5.92 Å². The molecule has 7 heteroatoms. The van der Waals surface area contributed by atoms with Crippen LogP contribution < -0.4 is 10.1 Å². The number of carbonyl (C=O) groups excluding carboxylic acids is 1. The van der Waals surface area contributed by atoms with Crippen molar-refractivity contribution in [3.05, 3.63) is 46.7 Å². The van der Waals surface area contributed by atoms with Crippen molar-refractivity contribution >= 4 is 17.5 Å². The number of nitrogens with one attached hydrogen (secondary N) is 1. The summed E-state index contributed by atoms with van der Waals surface area (Å²) in [4.78, 5) is 15.1. The molecule has 1 amide bonds. The number of aryl methyl sites for hydroxylation is 1. The number of hydrogen-bond donors (Lipinski definition) is 1. The van der Waals surface area contributed by atoms with Crippen molar-refractivity contribution < 1.29 is 9.53 Å². The van der Waals surface area contributed by atoms with Gasteiger partial charge in [0, 0.05) is 36.9 Å². The Balaban J connectivity index is 1.70. The number of rotatable bonds is 6. The molecule has 0 saturated carbocycles. The second kappa shape index (κ2) is 8.76. The Kier molecular flexibility index (Phi) is 6.39. The van der Waals surface area contributed by atoms with E-state index in [1.807, 2.05) is 43.4 Å². The van der Waals surface area contributed by atoms with Gasteiger partial charge < -0.3 is 15.0 Å². The van der Waals surface area contributed by atoms with Crippen molar-refractivity contribution in [3.63, 3.8) is 0 Å². The lowest BCUT2D eigenvalue weighted by Gasteiger charge is -2.35. The Morgan fingerprint density at radius 3 is 2.96 bits per heavy atom. The molecule has 146 valence electrons. The number of halogens is 1. The Morgan fingerprint density at radius 2 is 2.30 bits per heavy atom. The minimum absolute atomic E-state index is 0.105. The summed E-state index contributed by atoms with van der Waals surface area (Å²) in [5.74, 6) is 1.35. The van der Waals surface area contributed by atoms with E-state index in [1.54, 1.807) is 18.0 Å². The number of hydrogen-bond acceptors (Lipinski definition) is 4. The number of likely N-dealkylation sites (N-methyl/N-ethyl adjacent to an activating group) is 1. The second-order valence-corrected chi connectivity index (χ2v) is 7.56. The number of piperidine rings is 1. The normalized spacial score (nSPS) is 18.4. The summed E-state index contributed by atoms with van der Waals surface area (Å²) in [7, 11) is 5.35. The van der Waals surface area contributed by atoms with Gasteiger partial charge in [-0.25, -0.2) is 0 Å². The fraction of sp³-hybridized carbons (Fsp3) is 0.500. The van der Waals surface area contributed by atoms with Crippen LogP contribution in [0.4, 0.5) is 0 Å². The molecule has 2 heterocycles. The standard InChI is InChI=1S/C20H27ClN4O2/c1-22-19(16-11-23-24(2)13-16)20(26)25-8-4-5-14(12-25)9-15-10-17(21)6-7-18(15)27-3/h6-7,10-11,13-14,19,22H,4-5,8-9,12H2,1-3H3. The van der Waals surface area contributed by atoms with Crippen LogP contribution in [0.3, 0.4) is 0 Å². The maximum atomic E-state index is 13.1. The molecule has 2 aromatic rings. The van der Waals surface area contributed by atoms with Gasteiger partial charge in [0.1, 0.15) is 11.8 Å². The zero-order valence-corrected chi connectivity index (χ0v) is 16.9. The third-order valence-corrected chi connectivity index (χ3v) is 5.41. The Labute approximate surface area is 165 Å². The summed E-state index contributed by atoms with van der Waals surface area (Å²) in [5.41, 5.74) is 1.99. The highest BCUT2D eigenvalue weighted by atomic mass is 35.5. The number of aromatic nitrogens is 2. The quantitative estimate of drug-likeness (QED) is 0.824. The molecule has 0 bridgehead atoms. The van der Waals surface area contributed by atoms with Crippen molar-refractivity contribution in [1.29, 1.82) is 0 Å². The molecule has 1 aromatic carbocycles. The van der Waals surface area contributed by atoms with E-state index in [1.165, 1.54) is 0 Å². The first-order valence-electron chi connectivity index (χ1n) is 9.28. The molecule has 1 aliphatic heterocycles. The molecule has 1 fully saturated rings. The molecule has 0 radical (unpaired) electrons. The second-order valence-electron chi connectivity index (χ2n) is 7.12. The maximum absolute atomic E-state index is 13.1. The van der Waals surface area contributed by atoms with Crippen LogP contribution in [0.2, 0.25) is 5.02 Å². The molecule has 1 N–H and O–H groups in total. The number of amides is 1. The number of methoxy groups -OCH3 is 1. The molecule has 27 heavy (non-hydrogen) atoms. The molecular formula is C20H27ClN4O2. The van der Waals surface area contributed by atoms with Crippen LogP contribution in [-0.4, -0.2) is 47.8 Å². The Hall–Kier alpha value is -2.05. The first-order valence-corrected chi connectivity index (χ1v) is 9.66. The van der Waals surface area contributed by atoms with Crippen LogP contribution in [0.25, 0.3) is 0 Å². The molecule has 2 unspecified atom stereocenters. The summed E-state index contributed by atoms with van der Waals surface area (Å²) in [6, 6.07) is 5.35. The lowest BCUT2D eigenvalue weighted by molar-refractivity contribution is -0.135. The van der Waals surface area contributed by atoms with E-state index in [4.69, 9.17) is 16.3 Å². The lowest BCUT2D eigenvalue weighted by Crippen LogP contribution is -2.45. The molecular weight excluding hydrogens is 364 g/mol. The SMILES string of the molecule is CNC(C(=O)N1CCCC(Cc2cc(Cl)ccc2OC)C1)c1cnn(C)c1. The summed E-state index contributed by atoms with van der Waals surface area (Å²) in [5, 5.41) is 8.04. The molecule has 1 saturated heterocycles. The van der Waals surface area contributed by atoms with E-state index < -0.39 is 0 Å². The number of likely N-dealkylation sites (tertiary alicyclic amines) is 1. The van der Waals surface area contributed by atoms with Crippen molar-refractivity contribution in [2.45, 2.75) is 25.3 Å². The maximum Gasteiger partial charge on any atom is 0.244 e. The number of ether oxygens (including phenoxy) is 1. The minimum atomic E-state index is -0.363. The average molecular weight is 391 g/mol. The third kappa shape index (κ3) is 4.62. The summed E-state index contributed by atoms with van der Waals surface area (Å²) < 4.78 is 7.19. The van der Waals surface area contributed by atoms with E-state index in [-0.39, 0.29) is 11.9 Å². The van der Waals surface area contributed by atoms with Gasteiger partial charge in [-0.2, -0.15) is 5.10 Å². The van der Waals surface area contributed by atoms with Gasteiger partial charge in [-0.15, -0.1) is 0 Å². The monoisotopic (exact) mass is 390 g/mol. The summed E-state index contributed by atoms with van der Waals surface area (Å²) >= 11 is 6.16. The molecule has 6 nitrogen and oxygen atoms in total. The fourth-order valence-electron chi connectivity index (χ4n) is 3.85. The first kappa shape index (κ1) is 19.7. The highest BCUT2D eigenvalue weighted by molar-refractivity contribution is 6.30. The van der Waals surface area contributed by atoms with Gasteiger partial charge >= 0.3 is 0 Å². The minimum Gasteiger partial charge on any atom is -0.496 e. The van der Waals surface area contributed by atoms with Crippen LogP contribution in [0.5, 0.6) is 5.75 Å². The predicted octanol–water partition coefficient (Wildman–Crippen LogP) is 2.82. The largest absolute Gasteiger partial charge is 0.496 e. The Bertz CT molecular complexity index is 792. The van der Waals surface area contributed by atoms with Crippen LogP contribution in [0.1, 0.15) is 30.0 Å². The number of benzene rings is 1. The zero-order chi connectivity index (χ0) is 19.4. The molecule has 1 aliphatic rings. The van der Waals surface area contributed by atoms with Crippen LogP contribution >= 0.6 is 11.6 Å². The van der Waals surface area contributed by atoms with Gasteiger partial charge in [0.2, 0.25) is 5.91 Å². The number of carbonyl (C=O) groups is 1. The van der Waals surface area contributed by atoms with Crippen molar-refractivity contribution in [3.8, 4) is 5.75 Å². The van der Waals surface area contributed by atoms with Crippen molar-refractivity contribution in [2.24, 2.45) is 13.0 Å². The molecule has 1 aromatic heterocycles. The van der Waals surface area contributed by atoms with E-state index in [0.717, 1.165) is 49.2 Å². The first-order chi connectivity index (χ1) is 13.0. The zero-order valence-electron chi connectivity index (χ0n) is 16.1. The number of nitrogens with zero attached hydrogens (tertiary/aromatic N) is 3. The van der Waals surface area contributed by atoms with E-state index in [0.29, 0.717) is 10.9 Å². The summed E-state index contributed by atoms with van der Waals surface area (Å²) in [6.07, 6.45) is 6.58. The molecule has 2 atom stereocenters. The Morgan fingerprint density at radius 1 is 1.48 bits per heavy atom. The average Bonchev–Trinajstić information content (AvgIpc) is 3.09. The fourth-order valence-corrected chi connectivity index (χ4v) is 4.05. The van der Waals surface area contributed by atoms with Gasteiger partial charge in [-0.3, -0.25) is 9.48 Å². The van der Waals surface area contributed by atoms with E-state index >= 15 is 0 Å². The van der Waals surface area contributed by atoms with Gasteiger partial charge in [-0.05, 0) is 56.0 Å². The predicted molar refractivity (Wildman–Crippen MR) is 106 cm³/mol. The van der Waals surface area contributed by atoms with Gasteiger partial charge in [0.15, 0.2) is 0 Å². The van der Waals surface area contributed by atoms with Crippen molar-refractivity contribution in [2.75, 3.05) is 27.2 Å². The molecule has 3 rings (SSSR count). The van der Waals surface area contributed by atoms with Gasteiger partial charge in [-0.1, -0.05) is 11.6 Å². The van der Waals surface area contributed by atoms with Crippen LogP contribution in [-0.2, 0) is 18.3 Å². The molecule has 0 aliphatic carbocycles. The highest BCUT2D eigenvalue weighted by Gasteiger charge is 2.30.